The van der Waals surface area contributed by atoms with Crippen molar-refractivity contribution in [3.63, 3.8) is 0 Å². The second-order valence-corrected chi connectivity index (χ2v) is 5.40. The lowest BCUT2D eigenvalue weighted by atomic mass is 9.91. The minimum atomic E-state index is -0.262. The van der Waals surface area contributed by atoms with Crippen molar-refractivity contribution in [1.82, 2.24) is 0 Å². The van der Waals surface area contributed by atoms with Crippen LogP contribution in [0.3, 0.4) is 0 Å². The zero-order valence-corrected chi connectivity index (χ0v) is 11.1. The molecule has 3 heteroatoms. The largest absolute Gasteiger partial charge is 0.491 e. The zero-order chi connectivity index (χ0) is 13.0. The topological polar surface area (TPSA) is 36.3 Å². The molecule has 1 aliphatic heterocycles. The smallest absolute Gasteiger partial charge is 0.142 e. The van der Waals surface area contributed by atoms with E-state index in [-0.39, 0.29) is 5.41 Å². The van der Waals surface area contributed by atoms with Gasteiger partial charge in [0.25, 0.3) is 0 Å². The molecule has 0 N–H and O–H groups in total. The lowest BCUT2D eigenvalue weighted by Gasteiger charge is -2.26. The first-order chi connectivity index (χ1) is 8.62. The number of nitriles is 1. The minimum Gasteiger partial charge on any atom is -0.491 e. The predicted octanol–water partition coefficient (Wildman–Crippen LogP) is 3.22. The molecule has 0 spiro atoms. The first-order valence-electron chi connectivity index (χ1n) is 6.50. The van der Waals surface area contributed by atoms with Crippen molar-refractivity contribution in [2.24, 2.45) is 5.41 Å². The van der Waals surface area contributed by atoms with E-state index in [1.807, 2.05) is 32.0 Å². The molecule has 0 aliphatic carbocycles. The van der Waals surface area contributed by atoms with Crippen molar-refractivity contribution in [1.29, 1.82) is 5.26 Å². The van der Waals surface area contributed by atoms with Crippen molar-refractivity contribution in [3.05, 3.63) is 24.3 Å². The highest BCUT2D eigenvalue weighted by molar-refractivity contribution is 5.58. The van der Waals surface area contributed by atoms with Gasteiger partial charge in [-0.2, -0.15) is 5.26 Å². The standard InChI is InChI=1S/C15H20N2O/c1-15(2,12-16)8-10-17-9-5-11-18-14-7-4-3-6-13(14)17/h3-4,6-7H,5,8-11H2,1-2H3. The van der Waals surface area contributed by atoms with Crippen LogP contribution in [0.1, 0.15) is 26.7 Å². The summed E-state index contributed by atoms with van der Waals surface area (Å²) in [6, 6.07) is 10.5. The molecule has 3 nitrogen and oxygen atoms in total. The van der Waals surface area contributed by atoms with Crippen LogP contribution in [0.25, 0.3) is 0 Å². The minimum absolute atomic E-state index is 0.262. The van der Waals surface area contributed by atoms with Crippen molar-refractivity contribution in [2.75, 3.05) is 24.6 Å². The molecule has 0 aromatic heterocycles. The maximum absolute atomic E-state index is 9.08. The number of fused-ring (bicyclic) bond motifs is 1. The molecule has 0 radical (unpaired) electrons. The number of hydrogen-bond donors (Lipinski definition) is 0. The van der Waals surface area contributed by atoms with E-state index in [1.54, 1.807) is 0 Å². The highest BCUT2D eigenvalue weighted by atomic mass is 16.5. The third-order valence-electron chi connectivity index (χ3n) is 3.35. The SMILES string of the molecule is CC(C)(C#N)CCN1CCCOc2ccccc21. The average Bonchev–Trinajstić information content (AvgIpc) is 2.59. The molecule has 0 fully saturated rings. The van der Waals surface area contributed by atoms with Crippen molar-refractivity contribution < 1.29 is 4.74 Å². The molecule has 96 valence electrons. The van der Waals surface area contributed by atoms with Crippen LogP contribution in [0.15, 0.2) is 24.3 Å². The molecule has 0 saturated carbocycles. The van der Waals surface area contributed by atoms with Crippen molar-refractivity contribution in [2.45, 2.75) is 26.7 Å². The zero-order valence-electron chi connectivity index (χ0n) is 11.1. The second kappa shape index (κ2) is 5.30. The van der Waals surface area contributed by atoms with E-state index >= 15 is 0 Å². The van der Waals surface area contributed by atoms with Crippen LogP contribution >= 0.6 is 0 Å². The van der Waals surface area contributed by atoms with Crippen LogP contribution in [0.4, 0.5) is 5.69 Å². The molecular weight excluding hydrogens is 224 g/mol. The van der Waals surface area contributed by atoms with Crippen LogP contribution < -0.4 is 9.64 Å². The van der Waals surface area contributed by atoms with Gasteiger partial charge in [-0.15, -0.1) is 0 Å². The fourth-order valence-electron chi connectivity index (χ4n) is 2.10. The Hall–Kier alpha value is -1.69. The number of para-hydroxylation sites is 2. The number of ether oxygens (including phenoxy) is 1. The molecule has 1 aromatic carbocycles. The van der Waals surface area contributed by atoms with Gasteiger partial charge in [0.05, 0.1) is 23.8 Å². The van der Waals surface area contributed by atoms with Crippen LogP contribution in [0.2, 0.25) is 0 Å². The normalized spacial score (nSPS) is 15.3. The third-order valence-corrected chi connectivity index (χ3v) is 3.35. The lowest BCUT2D eigenvalue weighted by molar-refractivity contribution is 0.322. The fourth-order valence-corrected chi connectivity index (χ4v) is 2.10. The molecule has 1 aliphatic rings. The van der Waals surface area contributed by atoms with Gasteiger partial charge < -0.3 is 9.64 Å². The number of anilines is 1. The predicted molar refractivity (Wildman–Crippen MR) is 72.8 cm³/mol. The summed E-state index contributed by atoms with van der Waals surface area (Å²) in [4.78, 5) is 2.33. The number of rotatable bonds is 3. The molecule has 0 atom stereocenters. The Bertz CT molecular complexity index is 448. The van der Waals surface area contributed by atoms with Gasteiger partial charge in [0.1, 0.15) is 5.75 Å². The molecule has 0 saturated heterocycles. The van der Waals surface area contributed by atoms with E-state index in [9.17, 15) is 0 Å². The maximum atomic E-state index is 9.08. The lowest BCUT2D eigenvalue weighted by Crippen LogP contribution is -2.28. The van der Waals surface area contributed by atoms with E-state index in [4.69, 9.17) is 10.00 Å². The molecular formula is C15H20N2O. The number of benzene rings is 1. The molecule has 0 unspecified atom stereocenters. The van der Waals surface area contributed by atoms with Gasteiger partial charge in [0, 0.05) is 13.1 Å². The first kappa shape index (κ1) is 12.8. The molecule has 0 amide bonds. The third kappa shape index (κ3) is 2.95. The Balaban J connectivity index is 2.11. The Morgan fingerprint density at radius 2 is 2.17 bits per heavy atom. The van der Waals surface area contributed by atoms with Crippen molar-refractivity contribution >= 4 is 5.69 Å². The summed E-state index contributed by atoms with van der Waals surface area (Å²) in [5.74, 6) is 0.963. The van der Waals surface area contributed by atoms with E-state index in [1.165, 1.54) is 0 Å². The summed E-state index contributed by atoms with van der Waals surface area (Å²) in [7, 11) is 0. The quantitative estimate of drug-likeness (QED) is 0.819. The number of nitrogens with zero attached hydrogens (tertiary/aromatic N) is 2. The maximum Gasteiger partial charge on any atom is 0.142 e. The van der Waals surface area contributed by atoms with Crippen molar-refractivity contribution in [3.8, 4) is 11.8 Å². The summed E-state index contributed by atoms with van der Waals surface area (Å²) in [5.41, 5.74) is 0.894. The van der Waals surface area contributed by atoms with E-state index in [0.717, 1.165) is 44.0 Å². The summed E-state index contributed by atoms with van der Waals surface area (Å²) >= 11 is 0. The van der Waals surface area contributed by atoms with Gasteiger partial charge in [0.15, 0.2) is 0 Å². The highest BCUT2D eigenvalue weighted by Crippen LogP contribution is 2.31. The molecule has 0 bridgehead atoms. The first-order valence-corrected chi connectivity index (χ1v) is 6.50. The summed E-state index contributed by atoms with van der Waals surface area (Å²) in [6.45, 7) is 6.66. The van der Waals surface area contributed by atoms with Gasteiger partial charge in [-0.05, 0) is 38.8 Å². The molecule has 1 heterocycles. The Morgan fingerprint density at radius 1 is 1.39 bits per heavy atom. The van der Waals surface area contributed by atoms with Gasteiger partial charge in [-0.3, -0.25) is 0 Å². The summed E-state index contributed by atoms with van der Waals surface area (Å²) in [6.07, 6.45) is 1.90. The van der Waals surface area contributed by atoms with E-state index in [0.29, 0.717) is 0 Å². The van der Waals surface area contributed by atoms with E-state index in [2.05, 4.69) is 17.0 Å². The summed E-state index contributed by atoms with van der Waals surface area (Å²) in [5, 5.41) is 9.08. The molecule has 18 heavy (non-hydrogen) atoms. The monoisotopic (exact) mass is 244 g/mol. The van der Waals surface area contributed by atoms with Crippen LogP contribution in [-0.4, -0.2) is 19.7 Å². The fraction of sp³-hybridized carbons (Fsp3) is 0.533. The Morgan fingerprint density at radius 3 is 2.94 bits per heavy atom. The second-order valence-electron chi connectivity index (χ2n) is 5.40. The van der Waals surface area contributed by atoms with Gasteiger partial charge in [-0.1, -0.05) is 12.1 Å². The molecule has 1 aromatic rings. The van der Waals surface area contributed by atoms with Crippen LogP contribution in [0.5, 0.6) is 5.75 Å². The van der Waals surface area contributed by atoms with Crippen LogP contribution in [-0.2, 0) is 0 Å². The van der Waals surface area contributed by atoms with Gasteiger partial charge in [-0.25, -0.2) is 0 Å². The Kier molecular flexibility index (Phi) is 3.76. The van der Waals surface area contributed by atoms with Gasteiger partial charge in [0.2, 0.25) is 0 Å². The Labute approximate surface area is 109 Å². The molecule has 2 rings (SSSR count). The van der Waals surface area contributed by atoms with Crippen LogP contribution in [0, 0.1) is 16.7 Å². The van der Waals surface area contributed by atoms with E-state index < -0.39 is 0 Å². The van der Waals surface area contributed by atoms with Gasteiger partial charge >= 0.3 is 0 Å². The highest BCUT2D eigenvalue weighted by Gasteiger charge is 2.21. The average molecular weight is 244 g/mol. The number of hydrogen-bond acceptors (Lipinski definition) is 3. The summed E-state index contributed by atoms with van der Waals surface area (Å²) < 4.78 is 5.73.